The largest absolute Gasteiger partial charge is 0.268 e. The second kappa shape index (κ2) is 5.40. The summed E-state index contributed by atoms with van der Waals surface area (Å²) in [4.78, 5) is 0. The van der Waals surface area contributed by atoms with Crippen LogP contribution in [0, 0.1) is 6.92 Å². The average molecular weight is 261 g/mol. The van der Waals surface area contributed by atoms with Crippen molar-refractivity contribution in [2.24, 2.45) is 0 Å². The summed E-state index contributed by atoms with van der Waals surface area (Å²) >= 11 is 6.03. The molecule has 0 radical (unpaired) electrons. The third-order valence-corrected chi connectivity index (χ3v) is 3.45. The molecule has 94 valence electrons. The molecule has 1 aromatic carbocycles. The van der Waals surface area contributed by atoms with E-state index in [1.165, 1.54) is 5.57 Å². The number of allylic oxidation sites excluding steroid dienone is 2. The summed E-state index contributed by atoms with van der Waals surface area (Å²) in [5.74, 6) is 0. The van der Waals surface area contributed by atoms with Crippen LogP contribution in [0.2, 0.25) is 5.02 Å². The van der Waals surface area contributed by atoms with Crippen LogP contribution in [-0.4, -0.2) is 9.78 Å². The molecule has 2 nitrogen and oxygen atoms in total. The molecule has 0 amide bonds. The molecular formula is C15H17ClN2. The Bertz CT molecular complexity index is 582. The molecule has 0 unspecified atom stereocenters. The number of halogens is 1. The standard InChI is InChI=1S/C15H17ClN2/c1-4-11(2)9-18-10-14(8-17-18)13-5-6-15(16)12(3)7-13/h4-8,10H,9H2,1-3H3/b11-4+. The lowest BCUT2D eigenvalue weighted by Crippen LogP contribution is -1.98. The number of aryl methyl sites for hydroxylation is 1. The fourth-order valence-corrected chi connectivity index (χ4v) is 1.89. The van der Waals surface area contributed by atoms with Crippen LogP contribution >= 0.6 is 11.6 Å². The van der Waals surface area contributed by atoms with Crippen molar-refractivity contribution in [1.82, 2.24) is 9.78 Å². The Hall–Kier alpha value is -1.54. The summed E-state index contributed by atoms with van der Waals surface area (Å²) in [5.41, 5.74) is 4.67. The summed E-state index contributed by atoms with van der Waals surface area (Å²) in [6.45, 7) is 7.00. The first-order chi connectivity index (χ1) is 8.60. The highest BCUT2D eigenvalue weighted by Gasteiger charge is 2.04. The molecule has 0 aliphatic rings. The van der Waals surface area contributed by atoms with Gasteiger partial charge in [-0.25, -0.2) is 0 Å². The van der Waals surface area contributed by atoms with Gasteiger partial charge in [-0.3, -0.25) is 4.68 Å². The van der Waals surface area contributed by atoms with Crippen LogP contribution in [0.3, 0.4) is 0 Å². The Balaban J connectivity index is 2.26. The Morgan fingerprint density at radius 3 is 2.83 bits per heavy atom. The van der Waals surface area contributed by atoms with Gasteiger partial charge in [0, 0.05) is 16.8 Å². The SMILES string of the molecule is C/C=C(\C)Cn1cc(-c2ccc(Cl)c(C)c2)cn1. The highest BCUT2D eigenvalue weighted by atomic mass is 35.5. The Morgan fingerprint density at radius 2 is 2.17 bits per heavy atom. The van der Waals surface area contributed by atoms with E-state index in [1.807, 2.05) is 36.9 Å². The molecular weight excluding hydrogens is 244 g/mol. The lowest BCUT2D eigenvalue weighted by atomic mass is 10.1. The quantitative estimate of drug-likeness (QED) is 0.744. The number of nitrogens with zero attached hydrogens (tertiary/aromatic N) is 2. The van der Waals surface area contributed by atoms with E-state index in [9.17, 15) is 0 Å². The first kappa shape index (κ1) is 12.9. The van der Waals surface area contributed by atoms with E-state index in [0.29, 0.717) is 0 Å². The highest BCUT2D eigenvalue weighted by molar-refractivity contribution is 6.31. The first-order valence-electron chi connectivity index (χ1n) is 6.01. The van der Waals surface area contributed by atoms with Gasteiger partial charge in [0.2, 0.25) is 0 Å². The summed E-state index contributed by atoms with van der Waals surface area (Å²) < 4.78 is 1.95. The zero-order chi connectivity index (χ0) is 13.1. The second-order valence-corrected chi connectivity index (χ2v) is 4.93. The number of rotatable bonds is 3. The van der Waals surface area contributed by atoms with Crippen molar-refractivity contribution in [1.29, 1.82) is 0 Å². The molecule has 0 spiro atoms. The van der Waals surface area contributed by atoms with Crippen LogP contribution in [-0.2, 0) is 6.54 Å². The van der Waals surface area contributed by atoms with Crippen molar-refractivity contribution in [3.05, 3.63) is 52.8 Å². The van der Waals surface area contributed by atoms with E-state index in [0.717, 1.165) is 28.3 Å². The minimum absolute atomic E-state index is 0.802. The maximum atomic E-state index is 6.03. The molecule has 0 aliphatic heterocycles. The Morgan fingerprint density at radius 1 is 1.39 bits per heavy atom. The molecule has 3 heteroatoms. The van der Waals surface area contributed by atoms with Gasteiger partial charge in [0.05, 0.1) is 12.7 Å². The fraction of sp³-hybridized carbons (Fsp3) is 0.267. The molecule has 1 heterocycles. The molecule has 2 rings (SSSR count). The van der Waals surface area contributed by atoms with Crippen LogP contribution in [0.25, 0.3) is 11.1 Å². The number of benzene rings is 1. The van der Waals surface area contributed by atoms with E-state index >= 15 is 0 Å². The Kier molecular flexibility index (Phi) is 3.87. The predicted octanol–water partition coefficient (Wildman–Crippen LogP) is 4.48. The molecule has 0 fully saturated rings. The zero-order valence-electron chi connectivity index (χ0n) is 10.9. The summed E-state index contributed by atoms with van der Waals surface area (Å²) in [5, 5.41) is 5.18. The monoisotopic (exact) mass is 260 g/mol. The van der Waals surface area contributed by atoms with Gasteiger partial charge < -0.3 is 0 Å². The van der Waals surface area contributed by atoms with Crippen LogP contribution in [0.15, 0.2) is 42.2 Å². The molecule has 0 aliphatic carbocycles. The molecule has 2 aromatic rings. The van der Waals surface area contributed by atoms with E-state index < -0.39 is 0 Å². The van der Waals surface area contributed by atoms with Gasteiger partial charge in [0.1, 0.15) is 0 Å². The van der Waals surface area contributed by atoms with E-state index in [-0.39, 0.29) is 0 Å². The minimum Gasteiger partial charge on any atom is -0.268 e. The van der Waals surface area contributed by atoms with Crippen molar-refractivity contribution < 1.29 is 0 Å². The van der Waals surface area contributed by atoms with Gasteiger partial charge in [-0.1, -0.05) is 29.3 Å². The van der Waals surface area contributed by atoms with Crippen LogP contribution in [0.1, 0.15) is 19.4 Å². The highest BCUT2D eigenvalue weighted by Crippen LogP contribution is 2.24. The van der Waals surface area contributed by atoms with Crippen LogP contribution in [0.4, 0.5) is 0 Å². The van der Waals surface area contributed by atoms with Gasteiger partial charge in [0.25, 0.3) is 0 Å². The summed E-state index contributed by atoms with van der Waals surface area (Å²) in [6, 6.07) is 6.05. The van der Waals surface area contributed by atoms with Crippen molar-refractivity contribution >= 4 is 11.6 Å². The predicted molar refractivity (Wildman–Crippen MR) is 76.8 cm³/mol. The van der Waals surface area contributed by atoms with Crippen molar-refractivity contribution in [2.45, 2.75) is 27.3 Å². The Labute approximate surface area is 113 Å². The van der Waals surface area contributed by atoms with Crippen LogP contribution in [0.5, 0.6) is 0 Å². The maximum Gasteiger partial charge on any atom is 0.0616 e. The topological polar surface area (TPSA) is 17.8 Å². The molecule has 0 atom stereocenters. The third kappa shape index (κ3) is 2.82. The fourth-order valence-electron chi connectivity index (χ4n) is 1.77. The minimum atomic E-state index is 0.802. The van der Waals surface area contributed by atoms with Crippen molar-refractivity contribution in [2.75, 3.05) is 0 Å². The number of hydrogen-bond donors (Lipinski definition) is 0. The lowest BCUT2D eigenvalue weighted by molar-refractivity contribution is 0.676. The van der Waals surface area contributed by atoms with E-state index in [4.69, 9.17) is 11.6 Å². The third-order valence-electron chi connectivity index (χ3n) is 3.03. The smallest absolute Gasteiger partial charge is 0.0616 e. The molecule has 0 saturated carbocycles. The molecule has 0 saturated heterocycles. The number of hydrogen-bond acceptors (Lipinski definition) is 1. The van der Waals surface area contributed by atoms with Crippen molar-refractivity contribution in [3.63, 3.8) is 0 Å². The van der Waals surface area contributed by atoms with Gasteiger partial charge in [-0.05, 0) is 44.0 Å². The van der Waals surface area contributed by atoms with Gasteiger partial charge in [-0.2, -0.15) is 5.10 Å². The zero-order valence-corrected chi connectivity index (χ0v) is 11.7. The van der Waals surface area contributed by atoms with Gasteiger partial charge in [0.15, 0.2) is 0 Å². The van der Waals surface area contributed by atoms with Crippen LogP contribution < -0.4 is 0 Å². The molecule has 18 heavy (non-hydrogen) atoms. The first-order valence-corrected chi connectivity index (χ1v) is 6.38. The summed E-state index contributed by atoms with van der Waals surface area (Å²) in [6.07, 6.45) is 6.06. The average Bonchev–Trinajstić information content (AvgIpc) is 2.81. The lowest BCUT2D eigenvalue weighted by Gasteiger charge is -2.02. The molecule has 0 N–H and O–H groups in total. The van der Waals surface area contributed by atoms with E-state index in [1.54, 1.807) is 0 Å². The second-order valence-electron chi connectivity index (χ2n) is 4.53. The normalized spacial score (nSPS) is 11.9. The van der Waals surface area contributed by atoms with Crippen molar-refractivity contribution in [3.8, 4) is 11.1 Å². The molecule has 1 aromatic heterocycles. The maximum absolute atomic E-state index is 6.03. The van der Waals surface area contributed by atoms with Gasteiger partial charge >= 0.3 is 0 Å². The summed E-state index contributed by atoms with van der Waals surface area (Å²) in [7, 11) is 0. The van der Waals surface area contributed by atoms with E-state index in [2.05, 4.69) is 30.4 Å². The van der Waals surface area contributed by atoms with Gasteiger partial charge in [-0.15, -0.1) is 0 Å². The number of aromatic nitrogens is 2. The molecule has 0 bridgehead atoms.